The van der Waals surface area contributed by atoms with Crippen molar-refractivity contribution in [2.75, 3.05) is 0 Å². The minimum absolute atomic E-state index is 0.0154. The van der Waals surface area contributed by atoms with Crippen LogP contribution in [0.5, 0.6) is 0 Å². The summed E-state index contributed by atoms with van der Waals surface area (Å²) in [5, 5.41) is 9.82. The highest BCUT2D eigenvalue weighted by Gasteiger charge is 2.32. The van der Waals surface area contributed by atoms with Crippen molar-refractivity contribution in [2.45, 2.75) is 32.5 Å². The predicted molar refractivity (Wildman–Crippen MR) is 62.1 cm³/mol. The van der Waals surface area contributed by atoms with E-state index in [1.165, 1.54) is 6.08 Å². The molecule has 1 fully saturated rings. The molecule has 1 saturated heterocycles. The Morgan fingerprint density at radius 1 is 1.24 bits per heavy atom. The van der Waals surface area contributed by atoms with Crippen molar-refractivity contribution in [3.63, 3.8) is 0 Å². The van der Waals surface area contributed by atoms with Gasteiger partial charge in [-0.2, -0.15) is 0 Å². The summed E-state index contributed by atoms with van der Waals surface area (Å²) in [4.78, 5) is 11.9. The summed E-state index contributed by atoms with van der Waals surface area (Å²) in [5.41, 5.74) is 0. The standard InChI is InChI=1S/C13H16O4/c1-8-7-9(2)17-13(15)10-5-3-4-6-11(14)12(10)16-8/h3-6,8-10,14H,7H2,1-2H3/t8-,9?,10+/m0/s1. The van der Waals surface area contributed by atoms with Gasteiger partial charge in [0, 0.05) is 6.42 Å². The highest BCUT2D eigenvalue weighted by Crippen LogP contribution is 2.28. The molecular formula is C13H16O4. The average molecular weight is 236 g/mol. The smallest absolute Gasteiger partial charge is 0.320 e. The molecule has 17 heavy (non-hydrogen) atoms. The van der Waals surface area contributed by atoms with Crippen molar-refractivity contribution in [1.82, 2.24) is 0 Å². The van der Waals surface area contributed by atoms with E-state index in [0.717, 1.165) is 0 Å². The number of carbonyl (C=O) groups is 1. The Hall–Kier alpha value is -1.71. The monoisotopic (exact) mass is 236 g/mol. The maximum atomic E-state index is 11.9. The van der Waals surface area contributed by atoms with Gasteiger partial charge >= 0.3 is 5.97 Å². The molecule has 1 aliphatic carbocycles. The Labute approximate surface area is 100 Å². The van der Waals surface area contributed by atoms with E-state index in [-0.39, 0.29) is 29.7 Å². The lowest BCUT2D eigenvalue weighted by Crippen LogP contribution is -2.31. The quantitative estimate of drug-likeness (QED) is 0.655. The molecule has 0 aromatic heterocycles. The first kappa shape index (κ1) is 11.8. The fraction of sp³-hybridized carbons (Fsp3) is 0.462. The Balaban J connectivity index is 2.36. The van der Waals surface area contributed by atoms with Crippen LogP contribution >= 0.6 is 0 Å². The van der Waals surface area contributed by atoms with Crippen molar-refractivity contribution in [3.05, 3.63) is 35.8 Å². The van der Waals surface area contributed by atoms with Gasteiger partial charge in [0.05, 0.1) is 6.10 Å². The van der Waals surface area contributed by atoms with Crippen LogP contribution in [0.1, 0.15) is 20.3 Å². The number of allylic oxidation sites excluding steroid dienone is 3. The molecule has 0 radical (unpaired) electrons. The molecule has 0 aromatic carbocycles. The van der Waals surface area contributed by atoms with E-state index in [1.54, 1.807) is 18.2 Å². The molecule has 0 spiro atoms. The molecule has 1 heterocycles. The second-order valence-electron chi connectivity index (χ2n) is 4.38. The molecule has 4 nitrogen and oxygen atoms in total. The lowest BCUT2D eigenvalue weighted by molar-refractivity contribution is -0.156. The van der Waals surface area contributed by atoms with E-state index in [4.69, 9.17) is 9.47 Å². The van der Waals surface area contributed by atoms with Gasteiger partial charge in [-0.3, -0.25) is 4.79 Å². The van der Waals surface area contributed by atoms with Crippen molar-refractivity contribution >= 4 is 5.97 Å². The number of ether oxygens (including phenoxy) is 2. The van der Waals surface area contributed by atoms with E-state index >= 15 is 0 Å². The second-order valence-corrected chi connectivity index (χ2v) is 4.38. The zero-order valence-electron chi connectivity index (χ0n) is 9.92. The SMILES string of the molecule is CC1C[C@H](C)OC2=C(O)C=CC=C[C@H]2C(=O)O1. The molecule has 0 bridgehead atoms. The minimum atomic E-state index is -0.657. The summed E-state index contributed by atoms with van der Waals surface area (Å²) in [5.74, 6) is -0.779. The largest absolute Gasteiger partial charge is 0.504 e. The number of rotatable bonds is 0. The summed E-state index contributed by atoms with van der Waals surface area (Å²) >= 11 is 0. The summed E-state index contributed by atoms with van der Waals surface area (Å²) in [7, 11) is 0. The average Bonchev–Trinajstić information content (AvgIpc) is 2.40. The molecule has 2 aliphatic rings. The van der Waals surface area contributed by atoms with Crippen molar-refractivity contribution in [2.24, 2.45) is 5.92 Å². The maximum Gasteiger partial charge on any atom is 0.320 e. The van der Waals surface area contributed by atoms with Crippen LogP contribution in [0.4, 0.5) is 0 Å². The van der Waals surface area contributed by atoms with Gasteiger partial charge in [0.25, 0.3) is 0 Å². The highest BCUT2D eigenvalue weighted by molar-refractivity contribution is 5.78. The highest BCUT2D eigenvalue weighted by atomic mass is 16.6. The van der Waals surface area contributed by atoms with Crippen LogP contribution in [0.3, 0.4) is 0 Å². The van der Waals surface area contributed by atoms with Gasteiger partial charge in [0.1, 0.15) is 12.0 Å². The van der Waals surface area contributed by atoms with Crippen molar-refractivity contribution < 1.29 is 19.4 Å². The lowest BCUT2D eigenvalue weighted by atomic mass is 10.0. The normalized spacial score (nSPS) is 33.1. The van der Waals surface area contributed by atoms with Crippen LogP contribution in [-0.4, -0.2) is 23.3 Å². The molecule has 92 valence electrons. The second kappa shape index (κ2) is 4.65. The summed E-state index contributed by atoms with van der Waals surface area (Å²) in [6.45, 7) is 3.73. The van der Waals surface area contributed by atoms with Crippen LogP contribution in [0.25, 0.3) is 0 Å². The van der Waals surface area contributed by atoms with E-state index in [2.05, 4.69) is 0 Å². The molecule has 1 aliphatic heterocycles. The van der Waals surface area contributed by atoms with Crippen LogP contribution in [-0.2, 0) is 14.3 Å². The zero-order chi connectivity index (χ0) is 12.4. The first-order valence-corrected chi connectivity index (χ1v) is 5.73. The molecule has 3 atom stereocenters. The van der Waals surface area contributed by atoms with E-state index in [9.17, 15) is 9.90 Å². The molecule has 1 N–H and O–H groups in total. The molecular weight excluding hydrogens is 220 g/mol. The number of aliphatic hydroxyl groups is 1. The Morgan fingerprint density at radius 2 is 1.94 bits per heavy atom. The number of hydrogen-bond acceptors (Lipinski definition) is 4. The zero-order valence-corrected chi connectivity index (χ0v) is 9.92. The predicted octanol–water partition coefficient (Wildman–Crippen LogP) is 2.24. The van der Waals surface area contributed by atoms with Gasteiger partial charge in [-0.15, -0.1) is 0 Å². The molecule has 1 unspecified atom stereocenters. The minimum Gasteiger partial charge on any atom is -0.504 e. The molecule has 4 heteroatoms. The number of hydrogen-bond donors (Lipinski definition) is 1. The van der Waals surface area contributed by atoms with Gasteiger partial charge < -0.3 is 14.6 Å². The molecule has 2 rings (SSSR count). The third-order valence-electron chi connectivity index (χ3n) is 2.77. The van der Waals surface area contributed by atoms with Gasteiger partial charge in [-0.25, -0.2) is 0 Å². The maximum absolute atomic E-state index is 11.9. The lowest BCUT2D eigenvalue weighted by Gasteiger charge is -2.28. The first-order valence-electron chi connectivity index (χ1n) is 5.73. The van der Waals surface area contributed by atoms with Gasteiger partial charge in [-0.05, 0) is 19.9 Å². The fourth-order valence-corrected chi connectivity index (χ4v) is 2.02. The third kappa shape index (κ3) is 2.52. The summed E-state index contributed by atoms with van der Waals surface area (Å²) in [6, 6.07) is 0. The van der Waals surface area contributed by atoms with Gasteiger partial charge in [-0.1, -0.05) is 18.2 Å². The summed E-state index contributed by atoms with van der Waals surface area (Å²) < 4.78 is 10.9. The molecule has 0 aromatic rings. The number of carbonyl (C=O) groups excluding carboxylic acids is 1. The molecule has 0 amide bonds. The van der Waals surface area contributed by atoms with E-state index in [1.807, 2.05) is 13.8 Å². The van der Waals surface area contributed by atoms with Gasteiger partial charge in [0.2, 0.25) is 0 Å². The number of esters is 1. The van der Waals surface area contributed by atoms with Crippen molar-refractivity contribution in [1.29, 1.82) is 0 Å². The number of aliphatic hydroxyl groups excluding tert-OH is 1. The molecule has 0 saturated carbocycles. The topological polar surface area (TPSA) is 55.8 Å². The summed E-state index contributed by atoms with van der Waals surface area (Å²) in [6.07, 6.45) is 6.89. The fourth-order valence-electron chi connectivity index (χ4n) is 2.02. The number of cyclic esters (lactones) is 1. The van der Waals surface area contributed by atoms with Gasteiger partial charge in [0.15, 0.2) is 11.5 Å². The van der Waals surface area contributed by atoms with E-state index < -0.39 is 5.92 Å². The van der Waals surface area contributed by atoms with Crippen LogP contribution in [0.15, 0.2) is 35.8 Å². The third-order valence-corrected chi connectivity index (χ3v) is 2.77. The Kier molecular flexibility index (Phi) is 3.22. The van der Waals surface area contributed by atoms with E-state index in [0.29, 0.717) is 6.42 Å². The Morgan fingerprint density at radius 3 is 2.71 bits per heavy atom. The number of fused-ring (bicyclic) bond motifs is 1. The Bertz CT molecular complexity index is 406. The van der Waals surface area contributed by atoms with Crippen LogP contribution in [0.2, 0.25) is 0 Å². The van der Waals surface area contributed by atoms with Crippen LogP contribution in [0, 0.1) is 5.92 Å². The van der Waals surface area contributed by atoms with Crippen molar-refractivity contribution in [3.8, 4) is 0 Å². The first-order chi connectivity index (χ1) is 8.08. The van der Waals surface area contributed by atoms with Crippen LogP contribution < -0.4 is 0 Å².